The van der Waals surface area contributed by atoms with Crippen LogP contribution in [0.3, 0.4) is 0 Å². The van der Waals surface area contributed by atoms with Crippen LogP contribution in [0, 0.1) is 0 Å². The van der Waals surface area contributed by atoms with Crippen molar-refractivity contribution >= 4 is 5.78 Å². The van der Waals surface area contributed by atoms with E-state index in [1.807, 2.05) is 0 Å². The highest BCUT2D eigenvalue weighted by atomic mass is 16.5. The Kier molecular flexibility index (Phi) is 5.12. The quantitative estimate of drug-likeness (QED) is 0.607. The van der Waals surface area contributed by atoms with Crippen LogP contribution in [0.5, 0.6) is 0 Å². The maximum atomic E-state index is 10.6. The van der Waals surface area contributed by atoms with Crippen LogP contribution in [0.1, 0.15) is 33.1 Å². The summed E-state index contributed by atoms with van der Waals surface area (Å²) in [7, 11) is 0. The summed E-state index contributed by atoms with van der Waals surface area (Å²) in [4.78, 5) is 13.1. The Balaban J connectivity index is 1.95. The third-order valence-corrected chi connectivity index (χ3v) is 2.81. The molecule has 0 bridgehead atoms. The molecule has 1 saturated heterocycles. The van der Waals surface area contributed by atoms with Gasteiger partial charge in [0.25, 0.3) is 0 Å². The molecule has 0 saturated carbocycles. The van der Waals surface area contributed by atoms with Gasteiger partial charge in [0.1, 0.15) is 5.78 Å². The van der Waals surface area contributed by atoms with Crippen molar-refractivity contribution < 1.29 is 9.53 Å². The zero-order valence-electron chi connectivity index (χ0n) is 9.29. The van der Waals surface area contributed by atoms with Crippen molar-refractivity contribution in [3.63, 3.8) is 0 Å². The molecule has 0 aliphatic carbocycles. The molecule has 1 atom stereocenters. The average molecular weight is 199 g/mol. The maximum absolute atomic E-state index is 10.6. The Bertz CT molecular complexity index is 182. The van der Waals surface area contributed by atoms with E-state index in [1.165, 1.54) is 19.4 Å². The summed E-state index contributed by atoms with van der Waals surface area (Å²) in [6, 6.07) is 0.714. The Morgan fingerprint density at radius 3 is 2.86 bits per heavy atom. The monoisotopic (exact) mass is 199 g/mol. The molecule has 82 valence electrons. The summed E-state index contributed by atoms with van der Waals surface area (Å²) < 4.78 is 5.39. The molecule has 3 nitrogen and oxygen atoms in total. The third kappa shape index (κ3) is 4.20. The number of ether oxygens (including phenoxy) is 1. The first-order valence-electron chi connectivity index (χ1n) is 5.51. The van der Waals surface area contributed by atoms with Gasteiger partial charge in [-0.3, -0.25) is 9.69 Å². The van der Waals surface area contributed by atoms with Gasteiger partial charge in [0, 0.05) is 19.0 Å². The van der Waals surface area contributed by atoms with Gasteiger partial charge in [-0.05, 0) is 33.2 Å². The average Bonchev–Trinajstić information content (AvgIpc) is 2.51. The van der Waals surface area contributed by atoms with Crippen LogP contribution in [-0.2, 0) is 9.53 Å². The lowest BCUT2D eigenvalue weighted by Gasteiger charge is -2.20. The van der Waals surface area contributed by atoms with Crippen LogP contribution in [0.4, 0.5) is 0 Å². The first kappa shape index (κ1) is 11.7. The molecule has 0 radical (unpaired) electrons. The molecule has 1 rings (SSSR count). The van der Waals surface area contributed by atoms with E-state index in [-0.39, 0.29) is 5.78 Å². The molecule has 0 N–H and O–H groups in total. The lowest BCUT2D eigenvalue weighted by Crippen LogP contribution is -2.30. The standard InChI is InChI=1S/C11H21NO2/c1-10-4-3-6-12(10)7-9-14-8-5-11(2)13/h10H,3-9H2,1-2H3/t10-/m1/s1. The molecular formula is C11H21NO2. The fraction of sp³-hybridized carbons (Fsp3) is 0.909. The Hall–Kier alpha value is -0.410. The zero-order valence-corrected chi connectivity index (χ0v) is 9.29. The van der Waals surface area contributed by atoms with E-state index in [2.05, 4.69) is 11.8 Å². The lowest BCUT2D eigenvalue weighted by molar-refractivity contribution is -0.118. The van der Waals surface area contributed by atoms with Crippen molar-refractivity contribution in [3.05, 3.63) is 0 Å². The van der Waals surface area contributed by atoms with Gasteiger partial charge in [0.15, 0.2) is 0 Å². The minimum absolute atomic E-state index is 0.208. The van der Waals surface area contributed by atoms with Crippen LogP contribution in [0.25, 0.3) is 0 Å². The van der Waals surface area contributed by atoms with Crippen LogP contribution >= 0.6 is 0 Å². The zero-order chi connectivity index (χ0) is 10.4. The molecule has 0 aromatic rings. The number of rotatable bonds is 6. The molecule has 0 aromatic carbocycles. The molecular weight excluding hydrogens is 178 g/mol. The lowest BCUT2D eigenvalue weighted by atomic mass is 10.2. The molecule has 0 spiro atoms. The first-order valence-corrected chi connectivity index (χ1v) is 5.51. The van der Waals surface area contributed by atoms with Crippen molar-refractivity contribution in [1.29, 1.82) is 0 Å². The topological polar surface area (TPSA) is 29.5 Å². The van der Waals surface area contributed by atoms with Crippen LogP contribution < -0.4 is 0 Å². The Morgan fingerprint density at radius 1 is 1.50 bits per heavy atom. The number of carbonyl (C=O) groups excluding carboxylic acids is 1. The molecule has 1 fully saturated rings. The van der Waals surface area contributed by atoms with E-state index in [0.717, 1.165) is 13.2 Å². The number of Topliss-reactive ketones (excluding diaryl/α,β-unsaturated/α-hetero) is 1. The van der Waals surface area contributed by atoms with E-state index in [0.29, 0.717) is 19.1 Å². The highest BCUT2D eigenvalue weighted by Gasteiger charge is 2.18. The predicted molar refractivity (Wildman–Crippen MR) is 56.4 cm³/mol. The van der Waals surface area contributed by atoms with E-state index in [9.17, 15) is 4.79 Å². The van der Waals surface area contributed by atoms with Crippen LogP contribution in [-0.4, -0.2) is 43.0 Å². The molecule has 14 heavy (non-hydrogen) atoms. The van der Waals surface area contributed by atoms with E-state index < -0.39 is 0 Å². The van der Waals surface area contributed by atoms with Gasteiger partial charge in [0.2, 0.25) is 0 Å². The Morgan fingerprint density at radius 2 is 2.29 bits per heavy atom. The molecule has 1 aliphatic heterocycles. The molecule has 1 aliphatic rings. The second-order valence-electron chi connectivity index (χ2n) is 4.09. The van der Waals surface area contributed by atoms with Crippen molar-refractivity contribution in [3.8, 4) is 0 Å². The van der Waals surface area contributed by atoms with Gasteiger partial charge in [-0.15, -0.1) is 0 Å². The normalized spacial score (nSPS) is 22.9. The van der Waals surface area contributed by atoms with Gasteiger partial charge in [-0.2, -0.15) is 0 Å². The maximum Gasteiger partial charge on any atom is 0.132 e. The number of carbonyl (C=O) groups is 1. The number of hydrogen-bond donors (Lipinski definition) is 0. The fourth-order valence-electron chi connectivity index (χ4n) is 1.82. The van der Waals surface area contributed by atoms with E-state index in [1.54, 1.807) is 6.92 Å². The minimum atomic E-state index is 0.208. The van der Waals surface area contributed by atoms with Crippen molar-refractivity contribution in [1.82, 2.24) is 4.90 Å². The number of likely N-dealkylation sites (tertiary alicyclic amines) is 1. The number of ketones is 1. The summed E-state index contributed by atoms with van der Waals surface area (Å²) in [5.74, 6) is 0.208. The first-order chi connectivity index (χ1) is 6.70. The molecule has 0 aromatic heterocycles. The van der Waals surface area contributed by atoms with E-state index >= 15 is 0 Å². The summed E-state index contributed by atoms with van der Waals surface area (Å²) in [5, 5.41) is 0. The van der Waals surface area contributed by atoms with Gasteiger partial charge >= 0.3 is 0 Å². The van der Waals surface area contributed by atoms with Gasteiger partial charge < -0.3 is 4.74 Å². The highest BCUT2D eigenvalue weighted by molar-refractivity contribution is 5.75. The molecule has 1 heterocycles. The fourth-order valence-corrected chi connectivity index (χ4v) is 1.82. The smallest absolute Gasteiger partial charge is 0.132 e. The minimum Gasteiger partial charge on any atom is -0.380 e. The van der Waals surface area contributed by atoms with Crippen molar-refractivity contribution in [2.24, 2.45) is 0 Å². The van der Waals surface area contributed by atoms with Gasteiger partial charge in [0.05, 0.1) is 13.2 Å². The summed E-state index contributed by atoms with van der Waals surface area (Å²) in [5.41, 5.74) is 0. The van der Waals surface area contributed by atoms with Crippen molar-refractivity contribution in [2.75, 3.05) is 26.3 Å². The second-order valence-corrected chi connectivity index (χ2v) is 4.09. The number of hydrogen-bond acceptors (Lipinski definition) is 3. The number of nitrogens with zero attached hydrogens (tertiary/aromatic N) is 1. The SMILES string of the molecule is CC(=O)CCOCCN1CCC[C@H]1C. The van der Waals surface area contributed by atoms with Gasteiger partial charge in [-0.1, -0.05) is 0 Å². The molecule has 3 heteroatoms. The van der Waals surface area contributed by atoms with Gasteiger partial charge in [-0.25, -0.2) is 0 Å². The summed E-state index contributed by atoms with van der Waals surface area (Å²) >= 11 is 0. The Labute approximate surface area is 86.4 Å². The highest BCUT2D eigenvalue weighted by Crippen LogP contribution is 2.15. The second kappa shape index (κ2) is 6.14. The third-order valence-electron chi connectivity index (χ3n) is 2.81. The summed E-state index contributed by atoms with van der Waals surface area (Å²) in [6.45, 7) is 7.43. The van der Waals surface area contributed by atoms with Crippen LogP contribution in [0.2, 0.25) is 0 Å². The van der Waals surface area contributed by atoms with Crippen molar-refractivity contribution in [2.45, 2.75) is 39.2 Å². The predicted octanol–water partition coefficient (Wildman–Crippen LogP) is 1.47. The van der Waals surface area contributed by atoms with Crippen LogP contribution in [0.15, 0.2) is 0 Å². The molecule has 0 amide bonds. The molecule has 0 unspecified atom stereocenters. The summed E-state index contributed by atoms with van der Waals surface area (Å²) in [6.07, 6.45) is 3.18. The largest absolute Gasteiger partial charge is 0.380 e. The van der Waals surface area contributed by atoms with E-state index in [4.69, 9.17) is 4.74 Å².